The molecule has 0 radical (unpaired) electrons. The van der Waals surface area contributed by atoms with Gasteiger partial charge in [-0.2, -0.15) is 0 Å². The van der Waals surface area contributed by atoms with Crippen LogP contribution in [0.15, 0.2) is 35.1 Å². The van der Waals surface area contributed by atoms with Gasteiger partial charge in [-0.15, -0.1) is 0 Å². The summed E-state index contributed by atoms with van der Waals surface area (Å²) in [6.45, 7) is 9.16. The predicted molar refractivity (Wildman–Crippen MR) is 141 cm³/mol. The van der Waals surface area contributed by atoms with E-state index in [-0.39, 0.29) is 31.1 Å². The zero-order valence-corrected chi connectivity index (χ0v) is 21.9. The second-order valence-electron chi connectivity index (χ2n) is 9.62. The molecule has 0 fully saturated rings. The Bertz CT molecular complexity index is 1480. The van der Waals surface area contributed by atoms with Crippen molar-refractivity contribution in [2.45, 2.75) is 45.9 Å². The lowest BCUT2D eigenvalue weighted by Gasteiger charge is -2.31. The van der Waals surface area contributed by atoms with Gasteiger partial charge in [0.15, 0.2) is 12.2 Å². The molecule has 10 nitrogen and oxygen atoms in total. The Morgan fingerprint density at radius 1 is 1.21 bits per heavy atom. The van der Waals surface area contributed by atoms with Crippen molar-refractivity contribution < 1.29 is 24.2 Å². The molecule has 1 amide bonds. The second kappa shape index (κ2) is 10.2. The van der Waals surface area contributed by atoms with Gasteiger partial charge < -0.3 is 29.4 Å². The van der Waals surface area contributed by atoms with Crippen LogP contribution in [0, 0.1) is 0 Å². The number of cyclic esters (lactones) is 1. The number of amides is 1. The van der Waals surface area contributed by atoms with Gasteiger partial charge in [0, 0.05) is 29.6 Å². The van der Waals surface area contributed by atoms with Gasteiger partial charge >= 0.3 is 5.97 Å². The first-order chi connectivity index (χ1) is 18.3. The fourth-order valence-electron chi connectivity index (χ4n) is 5.15. The molecule has 0 unspecified atom stereocenters. The minimum absolute atomic E-state index is 0.0877. The van der Waals surface area contributed by atoms with Crippen LogP contribution in [0.3, 0.4) is 0 Å². The van der Waals surface area contributed by atoms with Gasteiger partial charge in [-0.25, -0.2) is 9.78 Å². The van der Waals surface area contributed by atoms with Crippen LogP contribution in [0.25, 0.3) is 22.3 Å². The number of carbonyl (C=O) groups excluding carboxylic acids is 2. The number of aromatic nitrogens is 2. The van der Waals surface area contributed by atoms with Crippen molar-refractivity contribution in [1.82, 2.24) is 19.8 Å². The molecule has 3 aromatic rings. The summed E-state index contributed by atoms with van der Waals surface area (Å²) in [5, 5.41) is 14.7. The van der Waals surface area contributed by atoms with E-state index in [0.717, 1.165) is 30.6 Å². The first-order valence-electron chi connectivity index (χ1n) is 13.0. The van der Waals surface area contributed by atoms with E-state index in [9.17, 15) is 19.5 Å². The zero-order chi connectivity index (χ0) is 27.0. The first kappa shape index (κ1) is 25.9. The second-order valence-corrected chi connectivity index (χ2v) is 9.62. The number of ether oxygens (including phenoxy) is 2. The highest BCUT2D eigenvalue weighted by molar-refractivity contribution is 5.87. The lowest BCUT2D eigenvalue weighted by atomic mass is 9.86. The predicted octanol–water partition coefficient (Wildman–Crippen LogP) is 1.92. The van der Waals surface area contributed by atoms with Gasteiger partial charge in [-0.1, -0.05) is 20.8 Å². The van der Waals surface area contributed by atoms with Crippen LogP contribution in [0.1, 0.15) is 43.9 Å². The average Bonchev–Trinajstić information content (AvgIpc) is 3.28. The normalized spacial score (nSPS) is 17.7. The molecule has 1 aromatic carbocycles. The number of nitrogens with zero attached hydrogens (tertiary/aromatic N) is 3. The van der Waals surface area contributed by atoms with Gasteiger partial charge in [0.1, 0.15) is 12.4 Å². The number of pyridine rings is 2. The molecule has 5 rings (SSSR count). The Hall–Kier alpha value is -3.76. The van der Waals surface area contributed by atoms with Gasteiger partial charge in [-0.05, 0) is 49.8 Å². The zero-order valence-electron chi connectivity index (χ0n) is 21.9. The molecule has 2 N–H and O–H groups in total. The first-order valence-corrected chi connectivity index (χ1v) is 13.0. The molecule has 0 saturated carbocycles. The number of esters is 1. The Balaban J connectivity index is 1.36. The van der Waals surface area contributed by atoms with Gasteiger partial charge in [0.25, 0.3) is 11.5 Å². The van der Waals surface area contributed by atoms with Crippen molar-refractivity contribution in [3.05, 3.63) is 57.4 Å². The van der Waals surface area contributed by atoms with Crippen LogP contribution in [0.4, 0.5) is 0 Å². The molecule has 200 valence electrons. The quantitative estimate of drug-likeness (QED) is 0.321. The fourth-order valence-corrected chi connectivity index (χ4v) is 5.15. The van der Waals surface area contributed by atoms with Crippen LogP contribution in [-0.2, 0) is 33.1 Å². The highest BCUT2D eigenvalue weighted by Gasteiger charge is 2.45. The molecule has 2 aliphatic rings. The summed E-state index contributed by atoms with van der Waals surface area (Å²) in [6.07, 6.45) is 0.0937. The van der Waals surface area contributed by atoms with Crippen molar-refractivity contribution in [2.24, 2.45) is 0 Å². The van der Waals surface area contributed by atoms with E-state index in [1.807, 2.05) is 18.2 Å². The van der Waals surface area contributed by atoms with E-state index in [0.29, 0.717) is 46.9 Å². The summed E-state index contributed by atoms with van der Waals surface area (Å²) >= 11 is 0. The molecule has 0 aliphatic carbocycles. The number of carbonyl (C=O) groups is 2. The van der Waals surface area contributed by atoms with E-state index in [1.165, 1.54) is 0 Å². The third-order valence-corrected chi connectivity index (χ3v) is 7.49. The van der Waals surface area contributed by atoms with Crippen molar-refractivity contribution >= 4 is 22.8 Å². The number of hydrogen-bond acceptors (Lipinski definition) is 8. The summed E-state index contributed by atoms with van der Waals surface area (Å²) in [6, 6.07) is 9.04. The maximum Gasteiger partial charge on any atom is 0.343 e. The number of hydrogen-bond donors (Lipinski definition) is 2. The van der Waals surface area contributed by atoms with Crippen LogP contribution < -0.4 is 15.6 Å². The van der Waals surface area contributed by atoms with Crippen LogP contribution in [0.5, 0.6) is 5.75 Å². The van der Waals surface area contributed by atoms with E-state index < -0.39 is 11.6 Å². The van der Waals surface area contributed by atoms with Gasteiger partial charge in [-0.3, -0.25) is 9.59 Å². The molecular formula is C28H32N4O6. The van der Waals surface area contributed by atoms with Crippen LogP contribution in [0.2, 0.25) is 0 Å². The maximum absolute atomic E-state index is 13.3. The van der Waals surface area contributed by atoms with E-state index in [2.05, 4.69) is 24.1 Å². The number of benzene rings is 1. The monoisotopic (exact) mass is 520 g/mol. The molecule has 38 heavy (non-hydrogen) atoms. The Labute approximate surface area is 220 Å². The van der Waals surface area contributed by atoms with E-state index in [4.69, 9.17) is 14.5 Å². The lowest BCUT2D eigenvalue weighted by molar-refractivity contribution is -0.172. The molecule has 2 aliphatic heterocycles. The fraction of sp³-hybridized carbons (Fsp3) is 0.429. The number of aliphatic hydroxyl groups is 1. The maximum atomic E-state index is 13.3. The largest absolute Gasteiger partial charge is 0.484 e. The van der Waals surface area contributed by atoms with E-state index >= 15 is 0 Å². The molecule has 0 saturated heterocycles. The third kappa shape index (κ3) is 4.43. The average molecular weight is 521 g/mol. The summed E-state index contributed by atoms with van der Waals surface area (Å²) in [7, 11) is 0. The summed E-state index contributed by atoms with van der Waals surface area (Å²) in [5.74, 6) is -0.380. The van der Waals surface area contributed by atoms with Crippen LogP contribution in [-0.4, -0.2) is 64.2 Å². The van der Waals surface area contributed by atoms with E-state index in [1.54, 1.807) is 23.6 Å². The number of rotatable bonds is 9. The standard InChI is InChI=1S/C28H32N4O6/c1-4-28(36)21-13-23-25-18(14-32(23)26(34)20(21)15-38-27(28)35)11-17-12-19(7-8-22(17)30-25)37-16-24(33)29-9-10-31(5-2)6-3/h7-8,11-13,36H,4-6,9-10,14-16H2,1-3H3,(H,29,33)/t28-/m0/s1. The van der Waals surface area contributed by atoms with Crippen molar-refractivity contribution in [3.63, 3.8) is 0 Å². The smallest absolute Gasteiger partial charge is 0.343 e. The Kier molecular flexibility index (Phi) is 6.93. The molecule has 0 bridgehead atoms. The summed E-state index contributed by atoms with van der Waals surface area (Å²) in [5.41, 5.74) is 1.17. The third-order valence-electron chi connectivity index (χ3n) is 7.49. The summed E-state index contributed by atoms with van der Waals surface area (Å²) < 4.78 is 12.4. The van der Waals surface area contributed by atoms with Crippen molar-refractivity contribution in [2.75, 3.05) is 32.8 Å². The van der Waals surface area contributed by atoms with Crippen molar-refractivity contribution in [1.29, 1.82) is 0 Å². The molecule has 4 heterocycles. The molecule has 2 aromatic heterocycles. The minimum Gasteiger partial charge on any atom is -0.484 e. The van der Waals surface area contributed by atoms with Gasteiger partial charge in [0.05, 0.1) is 29.0 Å². The van der Waals surface area contributed by atoms with Crippen LogP contribution >= 0.6 is 0 Å². The van der Waals surface area contributed by atoms with Gasteiger partial charge in [0.2, 0.25) is 0 Å². The summed E-state index contributed by atoms with van der Waals surface area (Å²) in [4.78, 5) is 44.9. The Morgan fingerprint density at radius 2 is 2.00 bits per heavy atom. The SMILES string of the molecule is CCN(CC)CCNC(=O)COc1ccc2nc3c(cc2c1)Cn1c-3cc2c(c1=O)COC(=O)[C@]2(O)CC. The topological polar surface area (TPSA) is 123 Å². The number of nitrogens with one attached hydrogen (secondary N) is 1. The number of fused-ring (bicyclic) bond motifs is 5. The highest BCUT2D eigenvalue weighted by Crippen LogP contribution is 2.38. The lowest BCUT2D eigenvalue weighted by Crippen LogP contribution is -2.44. The Morgan fingerprint density at radius 3 is 2.74 bits per heavy atom. The molecule has 1 atom stereocenters. The molecule has 0 spiro atoms. The highest BCUT2D eigenvalue weighted by atomic mass is 16.6. The molecule has 10 heteroatoms. The number of likely N-dealkylation sites (N-methyl/N-ethyl adjacent to an activating group) is 1. The minimum atomic E-state index is -1.86. The molecular weight excluding hydrogens is 488 g/mol. The van der Waals surface area contributed by atoms with Crippen molar-refractivity contribution in [3.8, 4) is 17.1 Å².